The first kappa shape index (κ1) is 30.9. The molecule has 0 saturated heterocycles. The highest BCUT2D eigenvalue weighted by Crippen LogP contribution is 2.60. The van der Waals surface area contributed by atoms with Crippen LogP contribution in [0.2, 0.25) is 5.02 Å². The van der Waals surface area contributed by atoms with Gasteiger partial charge in [-0.2, -0.15) is 0 Å². The molecular formula is C49H34ClN. The summed E-state index contributed by atoms with van der Waals surface area (Å²) < 4.78 is 0. The van der Waals surface area contributed by atoms with Gasteiger partial charge in [-0.25, -0.2) is 0 Å². The number of nitrogens with zero attached hydrogens (tertiary/aromatic N) is 1. The van der Waals surface area contributed by atoms with Crippen molar-refractivity contribution in [3.8, 4) is 33.4 Å². The minimum atomic E-state index is -0.575. The van der Waals surface area contributed by atoms with Gasteiger partial charge < -0.3 is 4.90 Å². The van der Waals surface area contributed by atoms with Crippen LogP contribution in [-0.4, -0.2) is 0 Å². The molecule has 242 valence electrons. The molecule has 0 heterocycles. The fourth-order valence-corrected chi connectivity index (χ4v) is 8.26. The zero-order valence-corrected chi connectivity index (χ0v) is 28.7. The van der Waals surface area contributed by atoms with Crippen molar-refractivity contribution in [2.45, 2.75) is 5.41 Å². The van der Waals surface area contributed by atoms with Gasteiger partial charge in [-0.15, -0.1) is 0 Å². The van der Waals surface area contributed by atoms with Gasteiger partial charge in [0.25, 0.3) is 0 Å². The number of halogens is 1. The van der Waals surface area contributed by atoms with E-state index < -0.39 is 5.41 Å². The average Bonchev–Trinajstić information content (AvgIpc) is 3.51. The monoisotopic (exact) mass is 671 g/mol. The van der Waals surface area contributed by atoms with Gasteiger partial charge in [0.2, 0.25) is 0 Å². The van der Waals surface area contributed by atoms with Crippen LogP contribution in [0.25, 0.3) is 33.4 Å². The normalized spacial score (nSPS) is 12.6. The number of hydrogen-bond acceptors (Lipinski definition) is 1. The molecule has 8 aromatic rings. The molecule has 8 aromatic carbocycles. The lowest BCUT2D eigenvalue weighted by atomic mass is 9.67. The number of anilines is 3. The number of fused-ring (bicyclic) bond motifs is 3. The summed E-state index contributed by atoms with van der Waals surface area (Å²) in [5, 5.41) is 0.690. The van der Waals surface area contributed by atoms with Gasteiger partial charge in [-0.05, 0) is 74.8 Å². The summed E-state index contributed by atoms with van der Waals surface area (Å²) in [5.74, 6) is 0. The van der Waals surface area contributed by atoms with Crippen LogP contribution in [0.15, 0.2) is 206 Å². The summed E-state index contributed by atoms with van der Waals surface area (Å²) in [7, 11) is 0. The smallest absolute Gasteiger partial charge is 0.0734 e. The summed E-state index contributed by atoms with van der Waals surface area (Å²) in [6.45, 7) is 0. The quantitative estimate of drug-likeness (QED) is 0.163. The second-order valence-electron chi connectivity index (χ2n) is 13.0. The van der Waals surface area contributed by atoms with Crippen LogP contribution in [0.3, 0.4) is 0 Å². The molecule has 0 saturated carbocycles. The fraction of sp³-hybridized carbons (Fsp3) is 0.0204. The van der Waals surface area contributed by atoms with Crippen molar-refractivity contribution in [1.29, 1.82) is 0 Å². The number of benzene rings is 8. The maximum absolute atomic E-state index is 6.81. The largest absolute Gasteiger partial charge is 0.309 e. The highest BCUT2D eigenvalue weighted by molar-refractivity contribution is 6.30. The van der Waals surface area contributed by atoms with E-state index in [4.69, 9.17) is 11.6 Å². The van der Waals surface area contributed by atoms with E-state index in [2.05, 4.69) is 199 Å². The third kappa shape index (κ3) is 5.17. The summed E-state index contributed by atoms with van der Waals surface area (Å²) in [5.41, 5.74) is 14.7. The van der Waals surface area contributed by atoms with E-state index in [9.17, 15) is 0 Å². The molecular weight excluding hydrogens is 638 g/mol. The third-order valence-electron chi connectivity index (χ3n) is 10.2. The van der Waals surface area contributed by atoms with Crippen molar-refractivity contribution >= 4 is 28.7 Å². The van der Waals surface area contributed by atoms with Crippen molar-refractivity contribution in [3.63, 3.8) is 0 Å². The van der Waals surface area contributed by atoms with E-state index in [1.807, 2.05) is 12.1 Å². The van der Waals surface area contributed by atoms with Gasteiger partial charge in [0.15, 0.2) is 0 Å². The van der Waals surface area contributed by atoms with Gasteiger partial charge in [-0.1, -0.05) is 188 Å². The third-order valence-corrected chi connectivity index (χ3v) is 10.4. The van der Waals surface area contributed by atoms with Gasteiger partial charge in [0, 0.05) is 21.8 Å². The molecule has 1 nitrogen and oxygen atoms in total. The van der Waals surface area contributed by atoms with Crippen molar-refractivity contribution in [2.75, 3.05) is 4.90 Å². The maximum atomic E-state index is 6.81. The van der Waals surface area contributed by atoms with Gasteiger partial charge in [0.05, 0.1) is 16.8 Å². The first-order valence-electron chi connectivity index (χ1n) is 17.4. The van der Waals surface area contributed by atoms with Crippen LogP contribution in [0, 0.1) is 0 Å². The molecule has 0 aromatic heterocycles. The topological polar surface area (TPSA) is 3.24 Å². The van der Waals surface area contributed by atoms with Crippen molar-refractivity contribution in [2.24, 2.45) is 0 Å². The molecule has 9 rings (SSSR count). The molecule has 0 aliphatic heterocycles. The van der Waals surface area contributed by atoms with Crippen LogP contribution in [0.5, 0.6) is 0 Å². The minimum Gasteiger partial charge on any atom is -0.309 e. The maximum Gasteiger partial charge on any atom is 0.0734 e. The fourth-order valence-electron chi connectivity index (χ4n) is 8.08. The Morgan fingerprint density at radius 2 is 0.882 bits per heavy atom. The molecule has 51 heavy (non-hydrogen) atoms. The average molecular weight is 672 g/mol. The molecule has 0 bridgehead atoms. The standard InChI is InChI=1S/C49H34ClN/c50-40-22-14-23-41(34-40)51(46-28-13-11-24-42(46)37-32-30-36(31-33-37)35-16-4-1-5-17-35)47-29-15-26-44-43-25-10-12-27-45(43)49(48(44)47,38-18-6-2-7-19-38)39-20-8-3-9-21-39/h1-34H. The predicted molar refractivity (Wildman–Crippen MR) is 214 cm³/mol. The summed E-state index contributed by atoms with van der Waals surface area (Å²) in [6.07, 6.45) is 0. The Kier molecular flexibility index (Phi) is 7.84. The van der Waals surface area contributed by atoms with E-state index >= 15 is 0 Å². The molecule has 0 unspecified atom stereocenters. The SMILES string of the molecule is Clc1cccc(N(c2ccccc2-c2ccc(-c3ccccc3)cc2)c2cccc3c2C(c2ccccc2)(c2ccccc2)c2ccccc2-3)c1. The predicted octanol–water partition coefficient (Wildman–Crippen LogP) is 13.5. The first-order valence-corrected chi connectivity index (χ1v) is 17.8. The van der Waals surface area contributed by atoms with E-state index in [1.165, 1.54) is 44.5 Å². The lowest BCUT2D eigenvalue weighted by molar-refractivity contribution is 0.768. The zero-order chi connectivity index (χ0) is 34.2. The van der Waals surface area contributed by atoms with Crippen LogP contribution < -0.4 is 4.90 Å². The molecule has 0 fully saturated rings. The second kappa shape index (κ2) is 12.9. The molecule has 0 radical (unpaired) electrons. The summed E-state index contributed by atoms with van der Waals surface area (Å²) in [4.78, 5) is 2.41. The number of rotatable bonds is 7. The summed E-state index contributed by atoms with van der Waals surface area (Å²) in [6, 6.07) is 74.0. The van der Waals surface area contributed by atoms with E-state index in [0.717, 1.165) is 28.2 Å². The molecule has 0 amide bonds. The van der Waals surface area contributed by atoms with Crippen LogP contribution in [-0.2, 0) is 5.41 Å². The second-order valence-corrected chi connectivity index (χ2v) is 13.4. The van der Waals surface area contributed by atoms with E-state index in [0.29, 0.717) is 5.02 Å². The first-order chi connectivity index (χ1) is 25.2. The Balaban J connectivity index is 1.34. The zero-order valence-electron chi connectivity index (χ0n) is 28.0. The van der Waals surface area contributed by atoms with Crippen molar-refractivity contribution in [1.82, 2.24) is 0 Å². The number of para-hydroxylation sites is 1. The highest BCUT2D eigenvalue weighted by Gasteiger charge is 2.48. The minimum absolute atomic E-state index is 0.575. The highest BCUT2D eigenvalue weighted by atomic mass is 35.5. The molecule has 1 aliphatic carbocycles. The Bertz CT molecular complexity index is 2430. The molecule has 2 heteroatoms. The Morgan fingerprint density at radius 1 is 0.373 bits per heavy atom. The number of hydrogen-bond donors (Lipinski definition) is 0. The lowest BCUT2D eigenvalue weighted by Crippen LogP contribution is -2.30. The van der Waals surface area contributed by atoms with E-state index in [-0.39, 0.29) is 0 Å². The molecule has 1 aliphatic rings. The Morgan fingerprint density at radius 3 is 1.57 bits per heavy atom. The molecule has 0 atom stereocenters. The van der Waals surface area contributed by atoms with Gasteiger partial charge in [-0.3, -0.25) is 0 Å². The lowest BCUT2D eigenvalue weighted by Gasteiger charge is -2.38. The van der Waals surface area contributed by atoms with Crippen LogP contribution in [0.4, 0.5) is 17.1 Å². The molecule has 0 N–H and O–H groups in total. The van der Waals surface area contributed by atoms with E-state index in [1.54, 1.807) is 0 Å². The van der Waals surface area contributed by atoms with Gasteiger partial charge in [0.1, 0.15) is 0 Å². The van der Waals surface area contributed by atoms with Crippen molar-refractivity contribution in [3.05, 3.63) is 234 Å². The Hall–Kier alpha value is -6.15. The van der Waals surface area contributed by atoms with Gasteiger partial charge >= 0.3 is 0 Å². The summed E-state index contributed by atoms with van der Waals surface area (Å²) >= 11 is 6.81. The van der Waals surface area contributed by atoms with Crippen molar-refractivity contribution < 1.29 is 0 Å². The Labute approximate surface area is 304 Å². The molecule has 0 spiro atoms. The van der Waals surface area contributed by atoms with Crippen LogP contribution in [0.1, 0.15) is 22.3 Å². The van der Waals surface area contributed by atoms with Crippen LogP contribution >= 0.6 is 11.6 Å².